The van der Waals surface area contributed by atoms with Crippen LogP contribution in [0.3, 0.4) is 0 Å². The van der Waals surface area contributed by atoms with E-state index in [0.717, 1.165) is 33.0 Å². The minimum absolute atomic E-state index is 0.0589. The van der Waals surface area contributed by atoms with Gasteiger partial charge >= 0.3 is 0 Å². The molecule has 3 amide bonds. The smallest absolute Gasteiger partial charge is 0.290 e. The van der Waals surface area contributed by atoms with Crippen LogP contribution >= 0.6 is 0 Å². The SMILES string of the molecule is CC(NC(=O)C(CC(=O)Cc1ccccc1)Cc1ccccc1)C(=O)C(=O)NC(Cc1ccccc1)C(=O)CC(Cc1ccc2ccccc2c1)C(N)=O. The molecule has 5 rings (SSSR count). The molecule has 4 atom stereocenters. The lowest BCUT2D eigenvalue weighted by Crippen LogP contribution is -2.52. The highest BCUT2D eigenvalue weighted by Crippen LogP contribution is 2.21. The molecule has 0 spiro atoms. The van der Waals surface area contributed by atoms with Gasteiger partial charge in [-0.05, 0) is 59.2 Å². The fourth-order valence-corrected chi connectivity index (χ4v) is 6.55. The van der Waals surface area contributed by atoms with E-state index >= 15 is 0 Å². The van der Waals surface area contributed by atoms with Crippen molar-refractivity contribution in [2.45, 2.75) is 57.5 Å². The van der Waals surface area contributed by atoms with E-state index in [1.807, 2.05) is 109 Å². The summed E-state index contributed by atoms with van der Waals surface area (Å²) in [6, 6.07) is 38.7. The lowest BCUT2D eigenvalue weighted by molar-refractivity contribution is -0.141. The van der Waals surface area contributed by atoms with Gasteiger partial charge in [0.05, 0.1) is 12.1 Å². The number of nitrogens with one attached hydrogen (secondary N) is 2. The van der Waals surface area contributed by atoms with Crippen LogP contribution in [-0.4, -0.2) is 47.2 Å². The quantitative estimate of drug-likeness (QED) is 0.0984. The van der Waals surface area contributed by atoms with Gasteiger partial charge in [-0.1, -0.05) is 133 Å². The van der Waals surface area contributed by atoms with Gasteiger partial charge in [-0.3, -0.25) is 28.8 Å². The second-order valence-corrected chi connectivity index (χ2v) is 13.8. The van der Waals surface area contributed by atoms with Crippen molar-refractivity contribution in [2.24, 2.45) is 17.6 Å². The summed E-state index contributed by atoms with van der Waals surface area (Å²) in [6.07, 6.45) is 0.400. The molecule has 0 aliphatic heterocycles. The van der Waals surface area contributed by atoms with E-state index in [9.17, 15) is 28.8 Å². The maximum Gasteiger partial charge on any atom is 0.290 e. The van der Waals surface area contributed by atoms with Gasteiger partial charge in [0.2, 0.25) is 17.6 Å². The summed E-state index contributed by atoms with van der Waals surface area (Å²) in [4.78, 5) is 80.0. The molecule has 5 aromatic rings. The Bertz CT molecular complexity index is 2080. The number of benzene rings is 5. The third kappa shape index (κ3) is 11.4. The second kappa shape index (κ2) is 19.0. The Morgan fingerprint density at radius 3 is 1.70 bits per heavy atom. The zero-order chi connectivity index (χ0) is 38.5. The fourth-order valence-electron chi connectivity index (χ4n) is 6.55. The predicted octanol–water partition coefficient (Wildman–Crippen LogP) is 5.31. The average Bonchev–Trinajstić information content (AvgIpc) is 3.17. The van der Waals surface area contributed by atoms with Crippen molar-refractivity contribution in [3.8, 4) is 0 Å². The minimum atomic E-state index is -1.25. The summed E-state index contributed by atoms with van der Waals surface area (Å²) in [6.45, 7) is 1.39. The van der Waals surface area contributed by atoms with E-state index in [1.54, 1.807) is 24.3 Å². The van der Waals surface area contributed by atoms with E-state index in [1.165, 1.54) is 6.92 Å². The first-order valence-corrected chi connectivity index (χ1v) is 18.1. The first-order valence-electron chi connectivity index (χ1n) is 18.1. The van der Waals surface area contributed by atoms with Crippen molar-refractivity contribution in [1.29, 1.82) is 0 Å². The van der Waals surface area contributed by atoms with Crippen LogP contribution in [0.1, 0.15) is 42.0 Å². The molecule has 0 aliphatic rings. The molecule has 4 unspecified atom stereocenters. The highest BCUT2D eigenvalue weighted by atomic mass is 16.2. The van der Waals surface area contributed by atoms with Gasteiger partial charge in [0.25, 0.3) is 5.91 Å². The molecular formula is C45H45N3O6. The molecule has 5 aromatic carbocycles. The zero-order valence-electron chi connectivity index (χ0n) is 30.3. The molecule has 0 aromatic heterocycles. The number of fused-ring (bicyclic) bond motifs is 1. The summed E-state index contributed by atoms with van der Waals surface area (Å²) in [5.41, 5.74) is 9.03. The molecule has 9 heteroatoms. The van der Waals surface area contributed by atoms with E-state index in [0.29, 0.717) is 0 Å². The highest BCUT2D eigenvalue weighted by molar-refractivity contribution is 6.38. The van der Waals surface area contributed by atoms with Gasteiger partial charge in [0.1, 0.15) is 5.78 Å². The van der Waals surface area contributed by atoms with Gasteiger partial charge in [-0.2, -0.15) is 0 Å². The van der Waals surface area contributed by atoms with E-state index in [4.69, 9.17) is 5.73 Å². The van der Waals surface area contributed by atoms with Crippen molar-refractivity contribution in [2.75, 3.05) is 0 Å². The molecule has 4 N–H and O–H groups in total. The molecule has 0 bridgehead atoms. The molecule has 54 heavy (non-hydrogen) atoms. The molecule has 0 saturated carbocycles. The number of rotatable bonds is 19. The number of carbonyl (C=O) groups excluding carboxylic acids is 6. The standard InChI is InChI=1S/C45H45N3O6/c1-30(47-44(53)38(23-31-13-5-2-6-14-31)28-39(49)26-32-15-7-3-8-16-32)42(51)45(54)48-40(27-33-17-9-4-10-18-33)41(50)29-37(43(46)52)25-34-21-22-35-19-11-12-20-36(35)24-34/h2-22,24,30,37-38,40H,23,25-29H2,1H3,(H2,46,52)(H,47,53)(H,48,54). The molecular weight excluding hydrogens is 679 g/mol. The lowest BCUT2D eigenvalue weighted by Gasteiger charge is -2.22. The summed E-state index contributed by atoms with van der Waals surface area (Å²) in [7, 11) is 0. The first kappa shape index (κ1) is 39.0. The normalized spacial score (nSPS) is 13.2. The molecule has 0 saturated heterocycles. The Balaban J connectivity index is 1.26. The third-order valence-corrected chi connectivity index (χ3v) is 9.51. The Kier molecular flexibility index (Phi) is 13.7. The largest absolute Gasteiger partial charge is 0.369 e. The molecule has 0 radical (unpaired) electrons. The number of ketones is 3. The van der Waals surface area contributed by atoms with Crippen molar-refractivity contribution in [3.63, 3.8) is 0 Å². The van der Waals surface area contributed by atoms with Gasteiger partial charge < -0.3 is 16.4 Å². The molecule has 9 nitrogen and oxygen atoms in total. The topological polar surface area (TPSA) is 152 Å². The maximum atomic E-state index is 13.8. The Morgan fingerprint density at radius 1 is 0.556 bits per heavy atom. The summed E-state index contributed by atoms with van der Waals surface area (Å²) < 4.78 is 0. The van der Waals surface area contributed by atoms with Gasteiger partial charge in [-0.15, -0.1) is 0 Å². The predicted molar refractivity (Wildman–Crippen MR) is 208 cm³/mol. The minimum Gasteiger partial charge on any atom is -0.369 e. The van der Waals surface area contributed by atoms with E-state index in [-0.39, 0.29) is 44.3 Å². The number of hydrogen-bond acceptors (Lipinski definition) is 6. The van der Waals surface area contributed by atoms with Crippen molar-refractivity contribution in [1.82, 2.24) is 10.6 Å². The summed E-state index contributed by atoms with van der Waals surface area (Å²) >= 11 is 0. The Morgan fingerprint density at radius 2 is 1.09 bits per heavy atom. The van der Waals surface area contributed by atoms with Crippen LogP contribution in [0.25, 0.3) is 10.8 Å². The number of Topliss-reactive ketones (excluding diaryl/α,β-unsaturated/α-hetero) is 3. The van der Waals surface area contributed by atoms with Crippen LogP contribution in [0, 0.1) is 11.8 Å². The van der Waals surface area contributed by atoms with Crippen LogP contribution < -0.4 is 16.4 Å². The monoisotopic (exact) mass is 723 g/mol. The molecule has 276 valence electrons. The van der Waals surface area contributed by atoms with Crippen LogP contribution in [0.4, 0.5) is 0 Å². The van der Waals surface area contributed by atoms with Crippen LogP contribution in [0.2, 0.25) is 0 Å². The van der Waals surface area contributed by atoms with Crippen LogP contribution in [0.5, 0.6) is 0 Å². The summed E-state index contributed by atoms with van der Waals surface area (Å²) in [5, 5.41) is 7.25. The molecule has 0 heterocycles. The highest BCUT2D eigenvalue weighted by Gasteiger charge is 2.32. The average molecular weight is 724 g/mol. The fraction of sp³-hybridized carbons (Fsp3) is 0.244. The number of nitrogens with two attached hydrogens (primary N) is 1. The number of carbonyl (C=O) groups is 6. The van der Waals surface area contributed by atoms with Crippen molar-refractivity contribution >= 4 is 45.8 Å². The Hall–Kier alpha value is -6.22. The van der Waals surface area contributed by atoms with Crippen molar-refractivity contribution in [3.05, 3.63) is 156 Å². The van der Waals surface area contributed by atoms with Crippen molar-refractivity contribution < 1.29 is 28.8 Å². The van der Waals surface area contributed by atoms with Gasteiger partial charge in [0.15, 0.2) is 5.78 Å². The first-order chi connectivity index (χ1) is 26.0. The van der Waals surface area contributed by atoms with E-state index < -0.39 is 53.2 Å². The molecule has 0 fully saturated rings. The number of primary amides is 1. The number of hydrogen-bond donors (Lipinski definition) is 3. The van der Waals surface area contributed by atoms with Gasteiger partial charge in [-0.25, -0.2) is 0 Å². The van der Waals surface area contributed by atoms with Gasteiger partial charge in [0, 0.05) is 31.1 Å². The van der Waals surface area contributed by atoms with Crippen LogP contribution in [-0.2, 0) is 54.5 Å². The third-order valence-electron chi connectivity index (χ3n) is 9.51. The number of amides is 3. The van der Waals surface area contributed by atoms with E-state index in [2.05, 4.69) is 10.6 Å². The Labute approximate surface area is 315 Å². The maximum absolute atomic E-state index is 13.8. The zero-order valence-corrected chi connectivity index (χ0v) is 30.3. The molecule has 0 aliphatic carbocycles. The lowest BCUT2D eigenvalue weighted by atomic mass is 9.89. The second-order valence-electron chi connectivity index (χ2n) is 13.8. The van der Waals surface area contributed by atoms with Crippen LogP contribution in [0.15, 0.2) is 133 Å². The summed E-state index contributed by atoms with van der Waals surface area (Å²) in [5.74, 6) is -5.43.